The number of nitrogens with zero attached hydrogens (tertiary/aromatic N) is 1. The molecule has 10 nitrogen and oxygen atoms in total. The summed E-state index contributed by atoms with van der Waals surface area (Å²) in [4.78, 5) is 44.3. The lowest BCUT2D eigenvalue weighted by molar-refractivity contribution is -0.171. The van der Waals surface area contributed by atoms with Crippen LogP contribution < -0.4 is 0 Å². The number of amides is 3. The average Bonchev–Trinajstić information content (AvgIpc) is 2.73. The number of carboxylic acids is 1. The number of carbonyl (C=O) groups is 4. The van der Waals surface area contributed by atoms with E-state index >= 15 is 0 Å². The predicted octanol–water partition coefficient (Wildman–Crippen LogP) is -4.03. The first-order valence-electron chi connectivity index (χ1n) is 5.23. The maximum Gasteiger partial charge on any atom is 0.335 e. The fourth-order valence-electron chi connectivity index (χ4n) is 1.42. The zero-order valence-electron chi connectivity index (χ0n) is 9.78. The third-order valence-electron chi connectivity index (χ3n) is 2.53. The van der Waals surface area contributed by atoms with Gasteiger partial charge in [-0.3, -0.25) is 14.4 Å². The van der Waals surface area contributed by atoms with E-state index in [4.69, 9.17) is 10.2 Å². The number of aliphatic carboxylic acids is 1. The minimum absolute atomic E-state index is 0.00769. The maximum atomic E-state index is 11.6. The van der Waals surface area contributed by atoms with Crippen LogP contribution in [-0.4, -0.2) is 78.5 Å². The fourth-order valence-corrected chi connectivity index (χ4v) is 1.42. The van der Waals surface area contributed by atoms with Crippen molar-refractivity contribution in [2.45, 2.75) is 24.4 Å². The van der Waals surface area contributed by atoms with Crippen LogP contribution in [0.5, 0.6) is 0 Å². The minimum atomic E-state index is -2.47. The van der Waals surface area contributed by atoms with Crippen molar-refractivity contribution >= 4 is 23.7 Å². The third kappa shape index (κ3) is 2.88. The Labute approximate surface area is 111 Å². The molecule has 1 heterocycles. The van der Waals surface area contributed by atoms with Crippen LogP contribution >= 0.6 is 0 Å². The van der Waals surface area contributed by atoms with Gasteiger partial charge in [-0.1, -0.05) is 0 Å². The number of hydrogen-bond donors (Lipinski definition) is 5. The molecule has 1 aliphatic rings. The lowest BCUT2D eigenvalue weighted by Gasteiger charge is -2.25. The Bertz CT molecular complexity index is 467. The quantitative estimate of drug-likeness (QED) is 0.316. The summed E-state index contributed by atoms with van der Waals surface area (Å²) >= 11 is 0. The second-order valence-corrected chi connectivity index (χ2v) is 3.89. The highest BCUT2D eigenvalue weighted by Gasteiger charge is 2.42. The van der Waals surface area contributed by atoms with Gasteiger partial charge in [0.2, 0.25) is 0 Å². The number of carbonyl (C=O) groups excluding carboxylic acids is 3. The highest BCUT2D eigenvalue weighted by atomic mass is 16.4. The molecule has 0 spiro atoms. The maximum absolute atomic E-state index is 11.6. The zero-order valence-corrected chi connectivity index (χ0v) is 9.78. The van der Waals surface area contributed by atoms with Crippen molar-refractivity contribution in [2.75, 3.05) is 0 Å². The van der Waals surface area contributed by atoms with Gasteiger partial charge in [-0.15, -0.1) is 0 Å². The van der Waals surface area contributed by atoms with Gasteiger partial charge in [-0.2, -0.15) is 0 Å². The zero-order chi connectivity index (χ0) is 15.6. The molecule has 0 aromatic rings. The van der Waals surface area contributed by atoms with E-state index in [0.717, 1.165) is 12.2 Å². The summed E-state index contributed by atoms with van der Waals surface area (Å²) < 4.78 is 0. The van der Waals surface area contributed by atoms with Crippen molar-refractivity contribution in [2.24, 2.45) is 0 Å². The van der Waals surface area contributed by atoms with Crippen molar-refractivity contribution in [3.05, 3.63) is 12.2 Å². The van der Waals surface area contributed by atoms with E-state index in [2.05, 4.69) is 0 Å². The molecular weight excluding hydrogens is 278 g/mol. The van der Waals surface area contributed by atoms with Gasteiger partial charge in [0.1, 0.15) is 12.2 Å². The van der Waals surface area contributed by atoms with Gasteiger partial charge in [0.05, 0.1) is 0 Å². The van der Waals surface area contributed by atoms with Gasteiger partial charge in [0.15, 0.2) is 12.2 Å². The molecule has 10 heteroatoms. The Morgan fingerprint density at radius 3 is 1.70 bits per heavy atom. The predicted molar refractivity (Wildman–Crippen MR) is 57.7 cm³/mol. The normalized spacial score (nSPS) is 20.7. The summed E-state index contributed by atoms with van der Waals surface area (Å²) in [6.07, 6.45) is -8.23. The van der Waals surface area contributed by atoms with Gasteiger partial charge in [-0.25, -0.2) is 9.69 Å². The Morgan fingerprint density at radius 2 is 1.30 bits per heavy atom. The molecule has 4 atom stereocenters. The molecule has 0 aromatic heterocycles. The Morgan fingerprint density at radius 1 is 0.900 bits per heavy atom. The molecule has 3 amide bonds. The number of aliphatic hydroxyl groups is 4. The van der Waals surface area contributed by atoms with Crippen molar-refractivity contribution in [1.82, 2.24) is 4.90 Å². The first kappa shape index (κ1) is 15.9. The van der Waals surface area contributed by atoms with Gasteiger partial charge in [0, 0.05) is 12.2 Å². The van der Waals surface area contributed by atoms with Gasteiger partial charge in [0.25, 0.3) is 17.7 Å². The topological polar surface area (TPSA) is 173 Å². The molecule has 0 aliphatic carbocycles. The van der Waals surface area contributed by atoms with Gasteiger partial charge >= 0.3 is 5.97 Å². The summed E-state index contributed by atoms with van der Waals surface area (Å²) in [6, 6.07) is 0. The number of rotatable bonds is 5. The summed E-state index contributed by atoms with van der Waals surface area (Å²) in [5.41, 5.74) is 0. The first-order valence-corrected chi connectivity index (χ1v) is 5.23. The monoisotopic (exact) mass is 289 g/mol. The summed E-state index contributed by atoms with van der Waals surface area (Å²) in [7, 11) is 0. The molecule has 0 aromatic carbocycles. The highest BCUT2D eigenvalue weighted by Crippen LogP contribution is 2.12. The minimum Gasteiger partial charge on any atom is -0.479 e. The van der Waals surface area contributed by atoms with Crippen molar-refractivity contribution in [3.63, 3.8) is 0 Å². The second-order valence-electron chi connectivity index (χ2n) is 3.89. The van der Waals surface area contributed by atoms with Crippen LogP contribution in [-0.2, 0) is 19.2 Å². The van der Waals surface area contributed by atoms with E-state index in [9.17, 15) is 34.5 Å². The molecule has 110 valence electrons. The molecule has 0 saturated heterocycles. The van der Waals surface area contributed by atoms with E-state index in [0.29, 0.717) is 0 Å². The van der Waals surface area contributed by atoms with Crippen molar-refractivity contribution in [3.8, 4) is 0 Å². The van der Waals surface area contributed by atoms with Crippen LogP contribution in [0.15, 0.2) is 12.2 Å². The van der Waals surface area contributed by atoms with Crippen LogP contribution in [0.1, 0.15) is 0 Å². The fraction of sp³-hybridized carbons (Fsp3) is 0.400. The highest BCUT2D eigenvalue weighted by molar-refractivity contribution is 6.23. The Kier molecular flexibility index (Phi) is 4.68. The van der Waals surface area contributed by atoms with Crippen LogP contribution in [0.25, 0.3) is 0 Å². The smallest absolute Gasteiger partial charge is 0.335 e. The third-order valence-corrected chi connectivity index (χ3v) is 2.53. The number of carboxylic acid groups (broad SMARTS) is 1. The average molecular weight is 289 g/mol. The summed E-state index contributed by atoms with van der Waals surface area (Å²) in [5, 5.41) is 45.5. The molecule has 0 unspecified atom stereocenters. The van der Waals surface area contributed by atoms with Crippen molar-refractivity contribution < 1.29 is 44.7 Å². The largest absolute Gasteiger partial charge is 0.479 e. The van der Waals surface area contributed by atoms with E-state index in [1.54, 1.807) is 0 Å². The van der Waals surface area contributed by atoms with Gasteiger partial charge in [-0.05, 0) is 0 Å². The van der Waals surface area contributed by atoms with E-state index in [1.807, 2.05) is 0 Å². The molecule has 0 fully saturated rings. The number of hydrogen-bond acceptors (Lipinski definition) is 8. The molecule has 20 heavy (non-hydrogen) atoms. The molecule has 1 aliphatic heterocycles. The van der Waals surface area contributed by atoms with Crippen molar-refractivity contribution in [1.29, 1.82) is 0 Å². The van der Waals surface area contributed by atoms with E-state index in [1.165, 1.54) is 0 Å². The standard InChI is InChI=1S/C10H11NO9/c12-3-1-2-4(13)11(3)9(18)7(16)5(14)6(15)8(17)10(19)20/h1-2,5-8,14-17H,(H,19,20)/t5-,6-,7+,8-/m0/s1. The number of imide groups is 3. The second kappa shape index (κ2) is 5.88. The van der Waals surface area contributed by atoms with E-state index < -0.39 is 48.1 Å². The SMILES string of the molecule is O=C(O)[C@@H](O)[C@@H](O)[C@H](O)[C@@H](O)C(=O)N1C(=O)C=CC1=O. The molecule has 1 rings (SSSR count). The lowest BCUT2D eigenvalue weighted by atomic mass is 10.0. The molecule has 5 N–H and O–H groups in total. The molecule has 0 saturated carbocycles. The number of aliphatic hydroxyl groups excluding tert-OH is 4. The summed E-state index contributed by atoms with van der Waals surface area (Å²) in [6.45, 7) is 0. The van der Waals surface area contributed by atoms with Crippen LogP contribution in [0.3, 0.4) is 0 Å². The Hall–Kier alpha value is -2.14. The summed E-state index contributed by atoms with van der Waals surface area (Å²) in [5.74, 6) is -5.56. The molecular formula is C10H11NO9. The first-order chi connectivity index (χ1) is 9.18. The molecule has 0 bridgehead atoms. The Balaban J connectivity index is 2.81. The van der Waals surface area contributed by atoms with Crippen LogP contribution in [0.2, 0.25) is 0 Å². The van der Waals surface area contributed by atoms with Crippen LogP contribution in [0, 0.1) is 0 Å². The molecule has 0 radical (unpaired) electrons. The van der Waals surface area contributed by atoms with E-state index in [-0.39, 0.29) is 4.90 Å². The van der Waals surface area contributed by atoms with Gasteiger partial charge < -0.3 is 25.5 Å². The lowest BCUT2D eigenvalue weighted by Crippen LogP contribution is -2.54. The van der Waals surface area contributed by atoms with Crippen LogP contribution in [0.4, 0.5) is 0 Å².